The van der Waals surface area contributed by atoms with E-state index in [1.54, 1.807) is 0 Å². The summed E-state index contributed by atoms with van der Waals surface area (Å²) in [7, 11) is 0. The number of aromatic carboxylic acids is 1. The number of nitrogens with one attached hydrogen (secondary N) is 1. The van der Waals surface area contributed by atoms with Gasteiger partial charge in [0.05, 0.1) is 11.6 Å². The predicted molar refractivity (Wildman–Crippen MR) is 84.2 cm³/mol. The van der Waals surface area contributed by atoms with Gasteiger partial charge in [0.15, 0.2) is 0 Å². The maximum absolute atomic E-state index is 13.7. The minimum Gasteiger partial charge on any atom is -0.478 e. The number of amides is 1. The van der Waals surface area contributed by atoms with E-state index in [4.69, 9.17) is 4.74 Å². The van der Waals surface area contributed by atoms with E-state index in [1.165, 1.54) is 6.07 Å². The molecule has 24 heavy (non-hydrogen) atoms. The maximum Gasteiger partial charge on any atom is 0.407 e. The molecule has 3 rings (SSSR count). The minimum absolute atomic E-state index is 0.0491. The second kappa shape index (κ2) is 6.70. The molecule has 2 aromatic rings. The lowest BCUT2D eigenvalue weighted by Gasteiger charge is -2.15. The lowest BCUT2D eigenvalue weighted by molar-refractivity contribution is 0.0695. The van der Waals surface area contributed by atoms with E-state index in [0.717, 1.165) is 11.6 Å². The van der Waals surface area contributed by atoms with Crippen LogP contribution in [0.2, 0.25) is 0 Å². The Morgan fingerprint density at radius 2 is 2.00 bits per heavy atom. The van der Waals surface area contributed by atoms with Gasteiger partial charge in [-0.1, -0.05) is 30.3 Å². The van der Waals surface area contributed by atoms with E-state index in [-0.39, 0.29) is 12.2 Å². The maximum atomic E-state index is 13.7. The number of carboxylic acids is 1. The first kappa shape index (κ1) is 16.0. The van der Waals surface area contributed by atoms with E-state index < -0.39 is 23.9 Å². The Bertz CT molecular complexity index is 776. The summed E-state index contributed by atoms with van der Waals surface area (Å²) in [6.07, 6.45) is 0.373. The smallest absolute Gasteiger partial charge is 0.407 e. The Kier molecular flexibility index (Phi) is 4.46. The molecule has 0 heterocycles. The third-order valence-electron chi connectivity index (χ3n) is 4.04. The molecule has 1 amide bonds. The van der Waals surface area contributed by atoms with Crippen molar-refractivity contribution in [2.45, 2.75) is 25.5 Å². The van der Waals surface area contributed by atoms with Crippen molar-refractivity contribution in [1.29, 1.82) is 0 Å². The average Bonchev–Trinajstić information content (AvgIpc) is 2.95. The molecular weight excluding hydrogens is 313 g/mol. The summed E-state index contributed by atoms with van der Waals surface area (Å²) < 4.78 is 18.8. The van der Waals surface area contributed by atoms with Crippen molar-refractivity contribution < 1.29 is 23.8 Å². The van der Waals surface area contributed by atoms with Gasteiger partial charge in [0.1, 0.15) is 12.4 Å². The fourth-order valence-electron chi connectivity index (χ4n) is 2.94. The van der Waals surface area contributed by atoms with Crippen LogP contribution in [0.25, 0.3) is 0 Å². The van der Waals surface area contributed by atoms with Crippen molar-refractivity contribution in [3.63, 3.8) is 0 Å². The quantitative estimate of drug-likeness (QED) is 0.901. The van der Waals surface area contributed by atoms with Gasteiger partial charge in [-0.15, -0.1) is 0 Å². The zero-order valence-corrected chi connectivity index (χ0v) is 12.8. The van der Waals surface area contributed by atoms with E-state index in [9.17, 15) is 19.1 Å². The second-order valence-corrected chi connectivity index (χ2v) is 5.62. The van der Waals surface area contributed by atoms with Gasteiger partial charge in [0, 0.05) is 0 Å². The summed E-state index contributed by atoms with van der Waals surface area (Å²) in [5.41, 5.74) is 1.88. The number of hydrogen-bond acceptors (Lipinski definition) is 3. The van der Waals surface area contributed by atoms with Crippen molar-refractivity contribution in [2.24, 2.45) is 0 Å². The Labute approximate surface area is 138 Å². The largest absolute Gasteiger partial charge is 0.478 e. The monoisotopic (exact) mass is 329 g/mol. The number of rotatable bonds is 4. The van der Waals surface area contributed by atoms with Crippen LogP contribution in [0.5, 0.6) is 0 Å². The second-order valence-electron chi connectivity index (χ2n) is 5.62. The van der Waals surface area contributed by atoms with E-state index in [2.05, 4.69) is 5.32 Å². The van der Waals surface area contributed by atoms with Crippen LogP contribution in [-0.4, -0.2) is 17.2 Å². The number of carbonyl (C=O) groups is 2. The SMILES string of the molecule is O=C(NC1CCc2c(C(=O)O)cc(F)cc21)OCc1ccccc1. The van der Waals surface area contributed by atoms with Gasteiger partial charge < -0.3 is 15.2 Å². The van der Waals surface area contributed by atoms with Gasteiger partial charge in [-0.2, -0.15) is 0 Å². The highest BCUT2D eigenvalue weighted by molar-refractivity contribution is 5.90. The van der Waals surface area contributed by atoms with E-state index in [1.807, 2.05) is 30.3 Å². The molecule has 124 valence electrons. The molecule has 0 fully saturated rings. The van der Waals surface area contributed by atoms with Gasteiger partial charge in [0.25, 0.3) is 0 Å². The highest BCUT2D eigenvalue weighted by atomic mass is 19.1. The van der Waals surface area contributed by atoms with Gasteiger partial charge >= 0.3 is 12.1 Å². The molecule has 6 heteroatoms. The van der Waals surface area contributed by atoms with Gasteiger partial charge in [-0.05, 0) is 41.7 Å². The van der Waals surface area contributed by atoms with Gasteiger partial charge in [0.2, 0.25) is 0 Å². The average molecular weight is 329 g/mol. The Morgan fingerprint density at radius 3 is 2.71 bits per heavy atom. The number of fused-ring (bicyclic) bond motifs is 1. The number of carbonyl (C=O) groups excluding carboxylic acids is 1. The number of halogens is 1. The normalized spacial score (nSPS) is 15.6. The first-order valence-corrected chi connectivity index (χ1v) is 7.57. The number of carboxylic acid groups (broad SMARTS) is 1. The molecule has 2 aromatic carbocycles. The lowest BCUT2D eigenvalue weighted by Crippen LogP contribution is -2.27. The molecule has 0 saturated heterocycles. The van der Waals surface area contributed by atoms with Crippen LogP contribution >= 0.6 is 0 Å². The highest BCUT2D eigenvalue weighted by Gasteiger charge is 2.29. The van der Waals surface area contributed by atoms with Crippen LogP contribution in [0.3, 0.4) is 0 Å². The number of alkyl carbamates (subject to hydrolysis) is 1. The van der Waals surface area contributed by atoms with Crippen molar-refractivity contribution in [3.8, 4) is 0 Å². The molecule has 1 atom stereocenters. The van der Waals surface area contributed by atoms with Crippen molar-refractivity contribution >= 4 is 12.1 Å². The summed E-state index contributed by atoms with van der Waals surface area (Å²) in [5.74, 6) is -1.80. The third kappa shape index (κ3) is 3.37. The Morgan fingerprint density at radius 1 is 1.25 bits per heavy atom. The molecule has 0 bridgehead atoms. The molecule has 0 saturated carbocycles. The van der Waals surface area contributed by atoms with Gasteiger partial charge in [-0.25, -0.2) is 14.0 Å². The van der Waals surface area contributed by atoms with E-state index >= 15 is 0 Å². The summed E-state index contributed by atoms with van der Waals surface area (Å²) >= 11 is 0. The van der Waals surface area contributed by atoms with Crippen LogP contribution in [0.4, 0.5) is 9.18 Å². The Hall–Kier alpha value is -2.89. The standard InChI is InChI=1S/C18H16FNO4/c19-12-8-14-13(15(9-12)17(21)22)6-7-16(14)20-18(23)24-10-11-4-2-1-3-5-11/h1-5,8-9,16H,6-7,10H2,(H,20,23)(H,21,22). The first-order chi connectivity index (χ1) is 11.5. The van der Waals surface area contributed by atoms with Crippen LogP contribution in [0.1, 0.15) is 39.5 Å². The van der Waals surface area contributed by atoms with Gasteiger partial charge in [-0.3, -0.25) is 0 Å². The minimum atomic E-state index is -1.17. The predicted octanol–water partition coefficient (Wildman–Crippen LogP) is 3.44. The summed E-state index contributed by atoms with van der Waals surface area (Å²) in [5, 5.41) is 11.9. The van der Waals surface area contributed by atoms with E-state index in [0.29, 0.717) is 24.0 Å². The molecule has 2 N–H and O–H groups in total. The highest BCUT2D eigenvalue weighted by Crippen LogP contribution is 2.34. The molecule has 1 aliphatic carbocycles. The molecule has 5 nitrogen and oxygen atoms in total. The fraction of sp³-hybridized carbons (Fsp3) is 0.222. The van der Waals surface area contributed by atoms with Crippen LogP contribution < -0.4 is 5.32 Å². The molecule has 0 aliphatic heterocycles. The van der Waals surface area contributed by atoms with Crippen molar-refractivity contribution in [2.75, 3.05) is 0 Å². The van der Waals surface area contributed by atoms with Crippen molar-refractivity contribution in [1.82, 2.24) is 5.32 Å². The van der Waals surface area contributed by atoms with Crippen LogP contribution in [0, 0.1) is 5.82 Å². The summed E-state index contributed by atoms with van der Waals surface area (Å²) in [4.78, 5) is 23.2. The fourth-order valence-corrected chi connectivity index (χ4v) is 2.94. The Balaban J connectivity index is 1.68. The molecule has 1 unspecified atom stereocenters. The van der Waals surface area contributed by atoms with Crippen molar-refractivity contribution in [3.05, 3.63) is 70.5 Å². The molecule has 0 radical (unpaired) electrons. The topological polar surface area (TPSA) is 75.6 Å². The molecule has 1 aliphatic rings. The molecular formula is C18H16FNO4. The van der Waals surface area contributed by atoms with Crippen LogP contribution in [-0.2, 0) is 17.8 Å². The van der Waals surface area contributed by atoms with Crippen LogP contribution in [0.15, 0.2) is 42.5 Å². The molecule has 0 spiro atoms. The lowest BCUT2D eigenvalue weighted by atomic mass is 10.0. The zero-order chi connectivity index (χ0) is 17.1. The first-order valence-electron chi connectivity index (χ1n) is 7.57. The zero-order valence-electron chi connectivity index (χ0n) is 12.8. The number of benzene rings is 2. The molecule has 0 aromatic heterocycles. The number of ether oxygens (including phenoxy) is 1. The number of hydrogen-bond donors (Lipinski definition) is 2. The third-order valence-corrected chi connectivity index (χ3v) is 4.04. The summed E-state index contributed by atoms with van der Waals surface area (Å²) in [6.45, 7) is 0.135. The summed E-state index contributed by atoms with van der Waals surface area (Å²) in [6, 6.07) is 11.1.